The number of nitro groups is 1. The maximum Gasteiger partial charge on any atom is 0.293 e. The molecule has 15 heterocycles. The monoisotopic (exact) mass is 1330 g/mol. The highest BCUT2D eigenvalue weighted by atomic mass is 16.8. The average molecular weight is 1330 g/mol. The normalized spacial score (nSPS) is 48.5. The SMILES string of the molecule is CNc1ccc(C(=O)CO[C@H]2[C@H]3O[C@H]4[C@H](O)[C@@H](O)[C@@H](O[C@H]5[C@H](O)[C@@H](O)[C@@H](O[C@H]6[C@H](O)[C@@H](O)[C@@H](O[C@H]7[C@@H](O)[C@H](O)[C@@H](O[C@H]8[C@@H](O)[C@H](O)[C@@H](O[C@H]9[C@@H](O)[C@H](O)[C@@H](O[C@@H]([C@@H]2O)[C@@H](CO)O3)O[C@@H]9CO)O[C@@H]8CO)O[C@@H]7CO)O[C@@H]6CO)O[C@@H]5CO)O[C@@H]4CO)cc1[N+](=O)[O-]. The third kappa shape index (κ3) is 14.6. The molecule has 0 saturated carbocycles. The Morgan fingerprint density at radius 1 is 0.396 bits per heavy atom. The molecule has 21 N–H and O–H groups in total. The number of aliphatic hydroxyl groups excluding tert-OH is 20. The third-order valence-corrected chi connectivity index (χ3v) is 17.0. The van der Waals surface area contributed by atoms with Crippen molar-refractivity contribution < 1.29 is 183 Å². The van der Waals surface area contributed by atoms with Gasteiger partial charge >= 0.3 is 0 Å². The summed E-state index contributed by atoms with van der Waals surface area (Å²) in [4.78, 5) is 24.8. The van der Waals surface area contributed by atoms with Gasteiger partial charge in [-0.25, -0.2) is 0 Å². The summed E-state index contributed by atoms with van der Waals surface area (Å²) in [5.74, 6) is -0.978. The fraction of sp³-hybridized carbons (Fsp3) is 0.863. The lowest BCUT2D eigenvalue weighted by molar-refractivity contribution is -0.398. The fourth-order valence-electron chi connectivity index (χ4n) is 11.9. The molecule has 15 aliphatic heterocycles. The Labute approximate surface area is 513 Å². The van der Waals surface area contributed by atoms with Crippen LogP contribution in [0.5, 0.6) is 0 Å². The van der Waals surface area contributed by atoms with Gasteiger partial charge in [-0.3, -0.25) is 14.9 Å². The Morgan fingerprint density at radius 2 is 0.637 bits per heavy atom. The van der Waals surface area contributed by atoms with Gasteiger partial charge in [0.25, 0.3) is 5.69 Å². The zero-order valence-electron chi connectivity index (χ0n) is 47.8. The number of nitrogens with one attached hydrogen (secondary N) is 1. The van der Waals surface area contributed by atoms with Crippen molar-refractivity contribution in [2.24, 2.45) is 0 Å². The van der Waals surface area contributed by atoms with Crippen LogP contribution in [0, 0.1) is 10.1 Å². The Balaban J connectivity index is 1.03. The molecular formula is C51H78N2O38. The Kier molecular flexibility index (Phi) is 24.4. The van der Waals surface area contributed by atoms with E-state index in [-0.39, 0.29) is 11.3 Å². The van der Waals surface area contributed by atoms with Gasteiger partial charge in [0.2, 0.25) is 0 Å². The van der Waals surface area contributed by atoms with Gasteiger partial charge in [0.1, 0.15) is 183 Å². The standard InChI is InChI=1S/C51H78N2O38/c1-52-14-3-2-13(4-15(14)53(75)76)16(61)12-77-44-36(74)43-23(11-60)84-51(44)91-42-22(10-59)83-49(35(73)29(42)67)89-40-20(8-57)81-47(33(71)27(40)65)87-38-18(6-55)79-45(31(69)25(38)63)85-37-17(5-54)78-46(30(68)24(37)62)86-39-19(7-56)80-48(32(70)26(39)64)88-41-21(9-58)82-50(90-43)34(72)28(41)66/h2-4,17-52,54-60,62-74H,5-12H2,1H3/t17-,18-,19-,20-,21-,22-,23-,24+,25-,26+,27-,28+,29-,30+,31-,32+,33-,34+,35-,36+,37-,38-,39-,40-,41-,42-,43-,44-,45-,46-,47-,48-,49-,50-,51-/m1/s1. The zero-order chi connectivity index (χ0) is 66.2. The van der Waals surface area contributed by atoms with E-state index in [0.717, 1.165) is 6.07 Å². The van der Waals surface area contributed by atoms with E-state index in [1.54, 1.807) is 0 Å². The van der Waals surface area contributed by atoms with Crippen molar-refractivity contribution in [3.05, 3.63) is 33.9 Å². The van der Waals surface area contributed by atoms with Crippen molar-refractivity contribution in [3.8, 4) is 0 Å². The minimum atomic E-state index is -2.31. The molecule has 40 heteroatoms. The number of ether oxygens (including phenoxy) is 15. The number of fused-ring (bicyclic) bond motifs is 7. The maximum absolute atomic E-state index is 13.7. The molecule has 40 nitrogen and oxygen atoms in total. The van der Waals surface area contributed by atoms with Gasteiger partial charge in [-0.15, -0.1) is 0 Å². The van der Waals surface area contributed by atoms with Crippen LogP contribution in [0.1, 0.15) is 10.4 Å². The minimum absolute atomic E-state index is 0.0102. The van der Waals surface area contributed by atoms with Crippen molar-refractivity contribution >= 4 is 17.2 Å². The first-order valence-electron chi connectivity index (χ1n) is 28.8. The molecule has 520 valence electrons. The molecule has 91 heavy (non-hydrogen) atoms. The molecule has 0 radical (unpaired) electrons. The lowest BCUT2D eigenvalue weighted by Crippen LogP contribution is -2.68. The summed E-state index contributed by atoms with van der Waals surface area (Å²) in [6.07, 6.45) is -72.6. The number of nitrogens with zero attached hydrogens (tertiary/aromatic N) is 1. The van der Waals surface area contributed by atoms with Crippen molar-refractivity contribution in [2.45, 2.75) is 215 Å². The third-order valence-electron chi connectivity index (χ3n) is 17.0. The van der Waals surface area contributed by atoms with Crippen LogP contribution in [0.4, 0.5) is 11.4 Å². The Morgan fingerprint density at radius 3 is 0.879 bits per heavy atom. The number of benzene rings is 1. The van der Waals surface area contributed by atoms with Crippen LogP contribution in [0.2, 0.25) is 0 Å². The van der Waals surface area contributed by atoms with Gasteiger partial charge in [-0.1, -0.05) is 0 Å². The molecule has 14 bridgehead atoms. The molecule has 0 aromatic heterocycles. The van der Waals surface area contributed by atoms with E-state index in [1.807, 2.05) is 0 Å². The topological polar surface area (TPSA) is 615 Å². The van der Waals surface area contributed by atoms with E-state index < -0.39 is 284 Å². The first-order valence-corrected chi connectivity index (χ1v) is 28.8. The molecule has 1 aromatic rings. The Hall–Kier alpha value is -3.31. The second-order valence-corrected chi connectivity index (χ2v) is 22.6. The van der Waals surface area contributed by atoms with E-state index in [1.165, 1.54) is 19.2 Å². The summed E-state index contributed by atoms with van der Waals surface area (Å²) in [5, 5.41) is 238. The largest absolute Gasteiger partial charge is 0.394 e. The summed E-state index contributed by atoms with van der Waals surface area (Å²) in [7, 11) is 1.38. The number of ketones is 1. The lowest BCUT2D eigenvalue weighted by Gasteiger charge is -2.50. The van der Waals surface area contributed by atoms with Crippen LogP contribution in [0.15, 0.2) is 18.2 Å². The second kappa shape index (κ2) is 30.8. The van der Waals surface area contributed by atoms with Crippen LogP contribution >= 0.6 is 0 Å². The zero-order valence-corrected chi connectivity index (χ0v) is 47.8. The molecule has 15 fully saturated rings. The van der Waals surface area contributed by atoms with Gasteiger partial charge in [-0.2, -0.15) is 0 Å². The molecule has 35 atom stereocenters. The first-order chi connectivity index (χ1) is 43.4. The Bertz CT molecular complexity index is 2510. The number of hydrogen-bond acceptors (Lipinski definition) is 39. The van der Waals surface area contributed by atoms with E-state index in [4.69, 9.17) is 71.1 Å². The fourth-order valence-corrected chi connectivity index (χ4v) is 11.9. The predicted molar refractivity (Wildman–Crippen MR) is 279 cm³/mol. The summed E-state index contributed by atoms with van der Waals surface area (Å²) in [5.41, 5.74) is -0.835. The highest BCUT2D eigenvalue weighted by Crippen LogP contribution is 2.40. The molecule has 16 rings (SSSR count). The van der Waals surface area contributed by atoms with Gasteiger partial charge in [-0.05, 0) is 12.1 Å². The number of anilines is 1. The van der Waals surface area contributed by atoms with Gasteiger partial charge in [0.05, 0.1) is 51.2 Å². The smallest absolute Gasteiger partial charge is 0.293 e. The van der Waals surface area contributed by atoms with Crippen LogP contribution in [0.25, 0.3) is 0 Å². The molecule has 0 spiro atoms. The number of carbonyl (C=O) groups excluding carboxylic acids is 1. The number of Topliss-reactive ketones (excluding diaryl/α,β-unsaturated/α-hetero) is 1. The van der Waals surface area contributed by atoms with E-state index in [9.17, 15) is 117 Å². The van der Waals surface area contributed by atoms with Crippen molar-refractivity contribution in [1.82, 2.24) is 0 Å². The van der Waals surface area contributed by atoms with Gasteiger partial charge < -0.3 is 179 Å². The molecular weight excluding hydrogens is 1250 g/mol. The highest BCUT2D eigenvalue weighted by Gasteiger charge is 2.60. The average Bonchev–Trinajstić information content (AvgIpc) is 0.797. The summed E-state index contributed by atoms with van der Waals surface area (Å²) >= 11 is 0. The molecule has 0 aliphatic carbocycles. The molecule has 1 aromatic carbocycles. The summed E-state index contributed by atoms with van der Waals surface area (Å²) in [6.45, 7) is -8.82. The van der Waals surface area contributed by atoms with E-state index >= 15 is 0 Å². The van der Waals surface area contributed by atoms with Crippen molar-refractivity contribution in [1.29, 1.82) is 0 Å². The second-order valence-electron chi connectivity index (χ2n) is 22.6. The maximum atomic E-state index is 13.7. The minimum Gasteiger partial charge on any atom is -0.394 e. The lowest BCUT2D eigenvalue weighted by atomic mass is 9.95. The van der Waals surface area contributed by atoms with Crippen molar-refractivity contribution in [2.75, 3.05) is 65.2 Å². The van der Waals surface area contributed by atoms with E-state index in [2.05, 4.69) is 5.32 Å². The summed E-state index contributed by atoms with van der Waals surface area (Å²) < 4.78 is 86.9. The first kappa shape index (κ1) is 72.0. The van der Waals surface area contributed by atoms with Crippen LogP contribution in [0.3, 0.4) is 0 Å². The quantitative estimate of drug-likeness (QED) is 0.0495. The molecule has 0 unspecified atom stereocenters. The predicted octanol–water partition coefficient (Wildman–Crippen LogP) is -13.4. The molecule has 0 amide bonds. The molecule has 15 saturated heterocycles. The van der Waals surface area contributed by atoms with Crippen LogP contribution < -0.4 is 5.32 Å². The summed E-state index contributed by atoms with van der Waals surface area (Å²) in [6, 6.07) is 3.30. The van der Waals surface area contributed by atoms with Gasteiger partial charge in [0, 0.05) is 18.7 Å². The van der Waals surface area contributed by atoms with Crippen molar-refractivity contribution in [3.63, 3.8) is 0 Å². The number of rotatable bonds is 13. The number of aliphatic hydroxyl groups is 20. The van der Waals surface area contributed by atoms with E-state index in [0.29, 0.717) is 0 Å². The van der Waals surface area contributed by atoms with Crippen LogP contribution in [-0.2, 0) is 71.1 Å². The number of hydrogen-bond donors (Lipinski definition) is 21. The molecule has 15 aliphatic rings. The number of nitro benzene ring substituents is 1. The van der Waals surface area contributed by atoms with Gasteiger partial charge in [0.15, 0.2) is 49.8 Å². The highest BCUT2D eigenvalue weighted by molar-refractivity contribution is 5.98. The number of carbonyl (C=O) groups is 1. The van der Waals surface area contributed by atoms with Crippen LogP contribution in [-0.4, -0.2) is 388 Å².